The van der Waals surface area contributed by atoms with Gasteiger partial charge in [0.15, 0.2) is 0 Å². The summed E-state index contributed by atoms with van der Waals surface area (Å²) in [5.41, 5.74) is 1.94. The molecule has 1 aromatic carbocycles. The highest BCUT2D eigenvalue weighted by Crippen LogP contribution is 2.27. The van der Waals surface area contributed by atoms with Crippen LogP contribution in [0.2, 0.25) is 0 Å². The molecule has 3 amide bonds. The highest BCUT2D eigenvalue weighted by molar-refractivity contribution is 5.92. The van der Waals surface area contributed by atoms with Crippen molar-refractivity contribution in [1.29, 1.82) is 0 Å². The molecule has 2 rings (SSSR count). The molecule has 1 saturated carbocycles. The number of rotatable bonds is 9. The Morgan fingerprint density at radius 2 is 1.69 bits per heavy atom. The second kappa shape index (κ2) is 12.9. The summed E-state index contributed by atoms with van der Waals surface area (Å²) in [5.74, 6) is -0.763. The van der Waals surface area contributed by atoms with Gasteiger partial charge in [0.05, 0.1) is 6.61 Å². The normalized spacial score (nSPS) is 16.2. The minimum absolute atomic E-state index is 0.0803. The second-order valence-electron chi connectivity index (χ2n) is 10.6. The van der Waals surface area contributed by atoms with Crippen LogP contribution in [0.15, 0.2) is 18.2 Å². The number of carbonyl (C=O) groups is 3. The first-order valence-corrected chi connectivity index (χ1v) is 12.7. The largest absolute Gasteiger partial charge is 0.444 e. The molecule has 35 heavy (non-hydrogen) atoms. The van der Waals surface area contributed by atoms with E-state index in [9.17, 15) is 19.5 Å². The molecule has 1 aliphatic rings. The van der Waals surface area contributed by atoms with Crippen LogP contribution in [0.5, 0.6) is 0 Å². The van der Waals surface area contributed by atoms with Crippen molar-refractivity contribution in [2.45, 2.75) is 104 Å². The number of nitrogens with zero attached hydrogens (tertiary/aromatic N) is 1. The number of nitrogens with one attached hydrogen (secondary N) is 2. The predicted octanol–water partition coefficient (Wildman–Crippen LogP) is 3.92. The zero-order chi connectivity index (χ0) is 26.2. The van der Waals surface area contributed by atoms with E-state index in [0.717, 1.165) is 36.8 Å². The maximum Gasteiger partial charge on any atom is 0.408 e. The summed E-state index contributed by atoms with van der Waals surface area (Å²) < 4.78 is 5.27. The van der Waals surface area contributed by atoms with E-state index in [1.165, 1.54) is 11.3 Å². The Morgan fingerprint density at radius 3 is 2.20 bits per heavy atom. The van der Waals surface area contributed by atoms with Crippen molar-refractivity contribution in [3.05, 3.63) is 34.9 Å². The van der Waals surface area contributed by atoms with Crippen LogP contribution < -0.4 is 10.6 Å². The van der Waals surface area contributed by atoms with Crippen LogP contribution in [0.25, 0.3) is 0 Å². The number of alkyl carbamates (subject to hydrolysis) is 1. The van der Waals surface area contributed by atoms with Gasteiger partial charge in [-0.3, -0.25) is 9.59 Å². The highest BCUT2D eigenvalue weighted by Gasteiger charge is 2.36. The third-order valence-electron chi connectivity index (χ3n) is 5.99. The number of ether oxygens (including phenoxy) is 1. The van der Waals surface area contributed by atoms with Crippen LogP contribution in [0.4, 0.5) is 4.79 Å². The van der Waals surface area contributed by atoms with Crippen LogP contribution in [-0.2, 0) is 14.3 Å². The van der Waals surface area contributed by atoms with Crippen molar-refractivity contribution < 1.29 is 24.2 Å². The Balaban J connectivity index is 2.40. The first kappa shape index (κ1) is 28.6. The molecule has 8 nitrogen and oxygen atoms in total. The molecule has 2 unspecified atom stereocenters. The molecule has 0 radical (unpaired) electrons. The van der Waals surface area contributed by atoms with Crippen molar-refractivity contribution in [3.8, 4) is 0 Å². The van der Waals surface area contributed by atoms with E-state index in [4.69, 9.17) is 4.74 Å². The molecule has 0 heterocycles. The number of benzene rings is 1. The smallest absolute Gasteiger partial charge is 0.408 e. The predicted molar refractivity (Wildman–Crippen MR) is 136 cm³/mol. The van der Waals surface area contributed by atoms with Crippen LogP contribution in [0.1, 0.15) is 89.0 Å². The first-order valence-electron chi connectivity index (χ1n) is 12.7. The number of hydrogen-bond donors (Lipinski definition) is 3. The van der Waals surface area contributed by atoms with Crippen LogP contribution in [0, 0.1) is 13.8 Å². The quantitative estimate of drug-likeness (QED) is 0.487. The van der Waals surface area contributed by atoms with Gasteiger partial charge >= 0.3 is 6.09 Å². The van der Waals surface area contributed by atoms with Crippen molar-refractivity contribution in [2.75, 3.05) is 13.2 Å². The SMILES string of the molecule is CCCN(C(=O)C(CO)NC(=O)OC(C)(C)C)C(C(=O)NC1CCCCC1)c1cc(C)cc(C)c1. The Kier molecular flexibility index (Phi) is 10.6. The molecule has 0 saturated heterocycles. The lowest BCUT2D eigenvalue weighted by Crippen LogP contribution is -2.55. The summed E-state index contributed by atoms with van der Waals surface area (Å²) in [7, 11) is 0. The molecular formula is C27H43N3O5. The fraction of sp³-hybridized carbons (Fsp3) is 0.667. The molecule has 0 spiro atoms. The maximum atomic E-state index is 13.7. The topological polar surface area (TPSA) is 108 Å². The minimum atomic E-state index is -1.23. The average molecular weight is 490 g/mol. The third-order valence-corrected chi connectivity index (χ3v) is 5.99. The lowest BCUT2D eigenvalue weighted by molar-refractivity contribution is -0.143. The van der Waals surface area contributed by atoms with Crippen molar-refractivity contribution in [2.24, 2.45) is 0 Å². The van der Waals surface area contributed by atoms with Crippen LogP contribution in [0.3, 0.4) is 0 Å². The molecule has 0 bridgehead atoms. The Hall–Kier alpha value is -2.61. The van der Waals surface area contributed by atoms with Gasteiger partial charge in [-0.05, 0) is 59.4 Å². The van der Waals surface area contributed by atoms with E-state index in [0.29, 0.717) is 18.5 Å². The second-order valence-corrected chi connectivity index (χ2v) is 10.6. The van der Waals surface area contributed by atoms with E-state index in [2.05, 4.69) is 10.6 Å². The van der Waals surface area contributed by atoms with Gasteiger partial charge in [-0.2, -0.15) is 0 Å². The van der Waals surface area contributed by atoms with E-state index in [1.807, 2.05) is 39.0 Å². The number of amides is 3. The molecule has 0 aromatic heterocycles. The molecule has 2 atom stereocenters. The monoisotopic (exact) mass is 489 g/mol. The summed E-state index contributed by atoms with van der Waals surface area (Å²) in [6.45, 7) is 10.7. The third kappa shape index (κ3) is 8.84. The standard InChI is InChI=1S/C27H43N3O5/c1-7-13-30(25(33)22(17-31)29-26(34)35-27(4,5)6)23(20-15-18(2)14-19(3)16-20)24(32)28-21-11-9-8-10-12-21/h14-16,21-23,31H,7-13,17H2,1-6H3,(H,28,32)(H,29,34). The van der Waals surface area contributed by atoms with E-state index < -0.39 is 36.3 Å². The van der Waals surface area contributed by atoms with Gasteiger partial charge in [0.25, 0.3) is 0 Å². The van der Waals surface area contributed by atoms with E-state index in [1.54, 1.807) is 20.8 Å². The van der Waals surface area contributed by atoms with E-state index >= 15 is 0 Å². The van der Waals surface area contributed by atoms with Crippen molar-refractivity contribution >= 4 is 17.9 Å². The number of aliphatic hydroxyl groups is 1. The van der Waals surface area contributed by atoms with Crippen molar-refractivity contribution in [1.82, 2.24) is 15.5 Å². The van der Waals surface area contributed by atoms with Gasteiger partial charge in [0.1, 0.15) is 17.7 Å². The summed E-state index contributed by atoms with van der Waals surface area (Å²) in [4.78, 5) is 41.2. The van der Waals surface area contributed by atoms with Crippen LogP contribution >= 0.6 is 0 Å². The fourth-order valence-corrected chi connectivity index (χ4v) is 4.61. The molecule has 1 aliphatic carbocycles. The zero-order valence-corrected chi connectivity index (χ0v) is 22.1. The van der Waals surface area contributed by atoms with Gasteiger partial charge in [0, 0.05) is 12.6 Å². The summed E-state index contributed by atoms with van der Waals surface area (Å²) >= 11 is 0. The molecule has 1 fully saturated rings. The van der Waals surface area contributed by atoms with E-state index in [-0.39, 0.29) is 11.9 Å². The van der Waals surface area contributed by atoms with Gasteiger partial charge in [0.2, 0.25) is 11.8 Å². The van der Waals surface area contributed by atoms with Crippen molar-refractivity contribution in [3.63, 3.8) is 0 Å². The minimum Gasteiger partial charge on any atom is -0.444 e. The summed E-state index contributed by atoms with van der Waals surface area (Å²) in [6, 6.07) is 3.83. The number of aryl methyl sites for hydroxylation is 2. The summed E-state index contributed by atoms with van der Waals surface area (Å²) in [5, 5.41) is 15.6. The Bertz CT molecular complexity index is 854. The lowest BCUT2D eigenvalue weighted by atomic mass is 9.94. The van der Waals surface area contributed by atoms with Gasteiger partial charge in [-0.25, -0.2) is 4.79 Å². The maximum absolute atomic E-state index is 13.7. The Morgan fingerprint density at radius 1 is 1.09 bits per heavy atom. The fourth-order valence-electron chi connectivity index (χ4n) is 4.61. The van der Waals surface area contributed by atoms with Gasteiger partial charge < -0.3 is 25.4 Å². The zero-order valence-electron chi connectivity index (χ0n) is 22.1. The summed E-state index contributed by atoms with van der Waals surface area (Å²) in [6.07, 6.45) is 4.97. The molecule has 3 N–H and O–H groups in total. The van der Waals surface area contributed by atoms with Gasteiger partial charge in [-0.1, -0.05) is 55.5 Å². The average Bonchev–Trinajstić information content (AvgIpc) is 2.75. The highest BCUT2D eigenvalue weighted by atomic mass is 16.6. The number of aliphatic hydroxyl groups excluding tert-OH is 1. The first-order chi connectivity index (χ1) is 16.4. The molecule has 196 valence electrons. The van der Waals surface area contributed by atoms with Crippen LogP contribution in [-0.4, -0.2) is 58.8 Å². The molecule has 0 aliphatic heterocycles. The lowest BCUT2D eigenvalue weighted by Gasteiger charge is -2.35. The molecule has 1 aromatic rings. The number of hydrogen-bond acceptors (Lipinski definition) is 5. The molecular weight excluding hydrogens is 446 g/mol. The molecule has 8 heteroatoms. The Labute approximate surface area is 209 Å². The number of carbonyl (C=O) groups excluding carboxylic acids is 3. The van der Waals surface area contributed by atoms with Gasteiger partial charge in [-0.15, -0.1) is 0 Å².